The maximum atomic E-state index is 10.0. The molecule has 0 unspecified atom stereocenters. The van der Waals surface area contributed by atoms with Gasteiger partial charge < -0.3 is 38.6 Å². The minimum Gasteiger partial charge on any atom is -0.480 e. The summed E-state index contributed by atoms with van der Waals surface area (Å²) >= 11 is 0. The molecule has 0 spiro atoms. The quantitative estimate of drug-likeness (QED) is 0.193. The fourth-order valence-corrected chi connectivity index (χ4v) is 0.922. The molecule has 0 aromatic heterocycles. The summed E-state index contributed by atoms with van der Waals surface area (Å²) in [6.07, 6.45) is 2.28. The first kappa shape index (κ1) is 30.5. The molecule has 2 atom stereocenters. The van der Waals surface area contributed by atoms with Crippen LogP contribution in [0.25, 0.3) is 0 Å². The van der Waals surface area contributed by atoms with Crippen molar-refractivity contribution in [3.8, 4) is 0 Å². The highest BCUT2D eigenvalue weighted by atomic mass is 32.3. The zero-order chi connectivity index (χ0) is 19.1. The van der Waals surface area contributed by atoms with Crippen molar-refractivity contribution in [2.75, 3.05) is 13.1 Å². The van der Waals surface area contributed by atoms with Gasteiger partial charge in [-0.3, -0.25) is 18.7 Å². The molecular formula is C10H28N4O9S. The molecule has 0 saturated heterocycles. The second kappa shape index (κ2) is 18.0. The van der Waals surface area contributed by atoms with E-state index in [1.807, 2.05) is 0 Å². The van der Waals surface area contributed by atoms with Gasteiger partial charge in [0.05, 0.1) is 0 Å². The second-order valence-corrected chi connectivity index (χ2v) is 5.09. The first-order valence-corrected chi connectivity index (χ1v) is 7.83. The van der Waals surface area contributed by atoms with Gasteiger partial charge in [0.15, 0.2) is 0 Å². The average molecular weight is 380 g/mol. The third kappa shape index (κ3) is 37.1. The summed E-state index contributed by atoms with van der Waals surface area (Å²) in [6.45, 7) is 1.00. The van der Waals surface area contributed by atoms with E-state index >= 15 is 0 Å². The van der Waals surface area contributed by atoms with Gasteiger partial charge in [-0.05, 0) is 38.8 Å². The van der Waals surface area contributed by atoms with E-state index in [0.29, 0.717) is 38.8 Å². The van der Waals surface area contributed by atoms with Crippen molar-refractivity contribution in [3.63, 3.8) is 0 Å². The molecule has 0 aliphatic carbocycles. The Balaban J connectivity index is -0.000000128. The molecule has 148 valence electrons. The highest BCUT2D eigenvalue weighted by Gasteiger charge is 2.09. The van der Waals surface area contributed by atoms with E-state index in [4.69, 9.17) is 50.7 Å². The summed E-state index contributed by atoms with van der Waals surface area (Å²) in [5, 5.41) is 16.5. The molecule has 0 radical (unpaired) electrons. The van der Waals surface area contributed by atoms with Gasteiger partial charge >= 0.3 is 22.3 Å². The lowest BCUT2D eigenvalue weighted by molar-refractivity contribution is -0.139. The number of nitrogens with two attached hydrogens (primary N) is 4. The number of aliphatic carboxylic acids is 2. The topological polar surface area (TPSA) is 285 Å². The molecule has 14 N–H and O–H groups in total. The van der Waals surface area contributed by atoms with Crippen molar-refractivity contribution in [1.82, 2.24) is 0 Å². The Hall–Kier alpha value is -1.39. The van der Waals surface area contributed by atoms with Crippen LogP contribution in [-0.2, 0) is 20.0 Å². The lowest BCUT2D eigenvalue weighted by Crippen LogP contribution is -2.30. The maximum absolute atomic E-state index is 10.0. The Morgan fingerprint density at radius 1 is 0.833 bits per heavy atom. The van der Waals surface area contributed by atoms with Gasteiger partial charge in [0.1, 0.15) is 12.1 Å². The number of carboxylic acid groups (broad SMARTS) is 2. The van der Waals surface area contributed by atoms with Crippen LogP contribution in [0.1, 0.15) is 25.7 Å². The molecule has 0 heterocycles. The third-order valence-electron chi connectivity index (χ3n) is 2.07. The molecular weight excluding hydrogens is 352 g/mol. The third-order valence-corrected chi connectivity index (χ3v) is 2.07. The highest BCUT2D eigenvalue weighted by Crippen LogP contribution is 1.91. The molecule has 0 aliphatic heterocycles. The van der Waals surface area contributed by atoms with E-state index < -0.39 is 34.4 Å². The van der Waals surface area contributed by atoms with Gasteiger partial charge in [0, 0.05) is 0 Å². The fraction of sp³-hybridized carbons (Fsp3) is 0.800. The van der Waals surface area contributed by atoms with E-state index in [1.54, 1.807) is 0 Å². The van der Waals surface area contributed by atoms with E-state index in [-0.39, 0.29) is 5.48 Å². The Labute approximate surface area is 139 Å². The minimum absolute atomic E-state index is 0. The smallest absolute Gasteiger partial charge is 0.394 e. The van der Waals surface area contributed by atoms with Crippen LogP contribution in [0.15, 0.2) is 0 Å². The van der Waals surface area contributed by atoms with Gasteiger partial charge in [-0.1, -0.05) is 0 Å². The lowest BCUT2D eigenvalue weighted by Gasteiger charge is -2.02. The zero-order valence-corrected chi connectivity index (χ0v) is 13.9. The van der Waals surface area contributed by atoms with Crippen LogP contribution < -0.4 is 22.9 Å². The van der Waals surface area contributed by atoms with Crippen LogP contribution in [0.4, 0.5) is 0 Å². The van der Waals surface area contributed by atoms with Crippen molar-refractivity contribution in [2.45, 2.75) is 37.8 Å². The van der Waals surface area contributed by atoms with Crippen molar-refractivity contribution in [2.24, 2.45) is 22.9 Å². The summed E-state index contributed by atoms with van der Waals surface area (Å²) in [5.74, 6) is -1.91. The van der Waals surface area contributed by atoms with Crippen LogP contribution in [0.2, 0.25) is 0 Å². The van der Waals surface area contributed by atoms with Gasteiger partial charge in [-0.2, -0.15) is 8.42 Å². The molecule has 0 aromatic carbocycles. The Kier molecular flexibility index (Phi) is 22.8. The number of hydrogen-bond donors (Lipinski definition) is 8. The predicted octanol–water partition coefficient (Wildman–Crippen LogP) is -3.20. The first-order valence-electron chi connectivity index (χ1n) is 6.43. The van der Waals surface area contributed by atoms with E-state index in [2.05, 4.69) is 0 Å². The Morgan fingerprint density at radius 3 is 1.17 bits per heavy atom. The summed E-state index contributed by atoms with van der Waals surface area (Å²) in [5.41, 5.74) is 20.6. The van der Waals surface area contributed by atoms with Crippen LogP contribution in [0.3, 0.4) is 0 Å². The van der Waals surface area contributed by atoms with E-state index in [9.17, 15) is 9.59 Å². The summed E-state index contributed by atoms with van der Waals surface area (Å²) in [7, 11) is -4.67. The van der Waals surface area contributed by atoms with Gasteiger partial charge in [-0.15, -0.1) is 0 Å². The van der Waals surface area contributed by atoms with Crippen LogP contribution in [0, 0.1) is 0 Å². The molecule has 0 aromatic rings. The standard InChI is InChI=1S/2C5H12N2O2.H2O4S.H2O/c2*6-3-1-2-4(7)5(8)9;1-5(2,3)4;/h2*4H,1-3,6-7H2,(H,8,9);(H2,1,2,3,4);1H2/t2*4-;;/m10../s1. The largest absolute Gasteiger partial charge is 0.480 e. The SMILES string of the molecule is NCCC[C@@H](N)C(=O)O.NCCC[C@H](N)C(=O)O.O.O=S(=O)(O)O. The van der Waals surface area contributed by atoms with Crippen molar-refractivity contribution in [3.05, 3.63) is 0 Å². The summed E-state index contributed by atoms with van der Waals surface area (Å²) in [6, 6.07) is -1.48. The minimum atomic E-state index is -4.67. The summed E-state index contributed by atoms with van der Waals surface area (Å²) in [4.78, 5) is 20.1. The molecule has 0 fully saturated rings. The summed E-state index contributed by atoms with van der Waals surface area (Å²) < 4.78 is 31.6. The molecule has 24 heavy (non-hydrogen) atoms. The average Bonchev–Trinajstić information content (AvgIpc) is 2.40. The number of rotatable bonds is 8. The fourth-order valence-electron chi connectivity index (χ4n) is 0.922. The molecule has 0 saturated carbocycles. The van der Waals surface area contributed by atoms with Gasteiger partial charge in [0.2, 0.25) is 0 Å². The van der Waals surface area contributed by atoms with Crippen LogP contribution in [0.5, 0.6) is 0 Å². The van der Waals surface area contributed by atoms with E-state index in [0.717, 1.165) is 0 Å². The van der Waals surface area contributed by atoms with Crippen molar-refractivity contribution < 1.29 is 42.8 Å². The number of carbonyl (C=O) groups is 2. The molecule has 0 aliphatic rings. The normalized spacial score (nSPS) is 12.2. The Morgan fingerprint density at radius 2 is 1.04 bits per heavy atom. The lowest BCUT2D eigenvalue weighted by atomic mass is 10.2. The molecule has 0 amide bonds. The zero-order valence-electron chi connectivity index (χ0n) is 13.0. The predicted molar refractivity (Wildman–Crippen MR) is 85.6 cm³/mol. The van der Waals surface area contributed by atoms with Gasteiger partial charge in [-0.25, -0.2) is 0 Å². The second-order valence-electron chi connectivity index (χ2n) is 4.20. The highest BCUT2D eigenvalue weighted by molar-refractivity contribution is 7.79. The number of hydrogen-bond acceptors (Lipinski definition) is 8. The first-order chi connectivity index (χ1) is 10.4. The number of carboxylic acids is 2. The van der Waals surface area contributed by atoms with Crippen LogP contribution in [-0.4, -0.2) is 70.3 Å². The molecule has 0 rings (SSSR count). The van der Waals surface area contributed by atoms with Gasteiger partial charge in [0.25, 0.3) is 0 Å². The van der Waals surface area contributed by atoms with Crippen molar-refractivity contribution in [1.29, 1.82) is 0 Å². The Bertz CT molecular complexity index is 387. The maximum Gasteiger partial charge on any atom is 0.394 e. The van der Waals surface area contributed by atoms with E-state index in [1.165, 1.54) is 0 Å². The molecule has 0 bridgehead atoms. The monoisotopic (exact) mass is 380 g/mol. The van der Waals surface area contributed by atoms with Crippen LogP contribution >= 0.6 is 0 Å². The van der Waals surface area contributed by atoms with Crippen molar-refractivity contribution >= 4 is 22.3 Å². The molecule has 13 nitrogen and oxygen atoms in total. The molecule has 14 heteroatoms.